The summed E-state index contributed by atoms with van der Waals surface area (Å²) < 4.78 is 81.7. The molecule has 0 unspecified atom stereocenters. The van der Waals surface area contributed by atoms with Gasteiger partial charge in [-0.1, -0.05) is 0 Å². The zero-order valence-corrected chi connectivity index (χ0v) is 11.3. The topological polar surface area (TPSA) is 40.1 Å². The second-order valence-corrected chi connectivity index (χ2v) is 4.64. The molecule has 0 aliphatic rings. The van der Waals surface area contributed by atoms with E-state index < -0.39 is 34.9 Å². The van der Waals surface area contributed by atoms with Crippen LogP contribution in [0, 0.1) is 19.1 Å². The van der Waals surface area contributed by atoms with E-state index in [1.54, 1.807) is 0 Å². The Morgan fingerprint density at radius 2 is 1.36 bits per heavy atom. The number of benzene rings is 1. The minimum Gasteiger partial charge on any atom is -0.616 e. The Labute approximate surface area is 120 Å². The average Bonchev–Trinajstić information content (AvgIpc) is 2.64. The number of oxazole rings is 1. The van der Waals surface area contributed by atoms with Crippen LogP contribution in [0.25, 0.3) is 11.5 Å². The quantitative estimate of drug-likeness (QED) is 0.447. The molecular weight excluding hydrogens is 316 g/mol. The van der Waals surface area contributed by atoms with Gasteiger partial charge >= 0.3 is 18.2 Å². The highest BCUT2D eigenvalue weighted by molar-refractivity contribution is 5.55. The molecule has 0 aliphatic carbocycles. The number of aryl methyl sites for hydroxylation is 1. The van der Waals surface area contributed by atoms with Crippen LogP contribution >= 0.6 is 0 Å². The summed E-state index contributed by atoms with van der Waals surface area (Å²) in [5.41, 5.74) is -3.55. The van der Waals surface area contributed by atoms with E-state index in [4.69, 9.17) is 4.42 Å². The van der Waals surface area contributed by atoms with Crippen molar-refractivity contribution in [3.05, 3.63) is 46.0 Å². The molecule has 22 heavy (non-hydrogen) atoms. The smallest absolute Gasteiger partial charge is 0.416 e. The normalized spacial score (nSPS) is 12.7. The van der Waals surface area contributed by atoms with E-state index in [-0.39, 0.29) is 22.3 Å². The van der Waals surface area contributed by atoms with Crippen LogP contribution in [-0.4, -0.2) is 0 Å². The highest BCUT2D eigenvalue weighted by atomic mass is 19.4. The summed E-state index contributed by atoms with van der Waals surface area (Å²) in [6.07, 6.45) is -9.97. The van der Waals surface area contributed by atoms with Gasteiger partial charge < -0.3 is 9.62 Å². The molecule has 1 heterocycles. The molecule has 0 saturated heterocycles. The summed E-state index contributed by atoms with van der Waals surface area (Å²) in [7, 11) is 0. The third kappa shape index (κ3) is 2.88. The summed E-state index contributed by atoms with van der Waals surface area (Å²) in [5.74, 6) is -0.512. The van der Waals surface area contributed by atoms with Crippen molar-refractivity contribution in [2.75, 3.05) is 0 Å². The van der Waals surface area contributed by atoms with E-state index in [0.717, 1.165) is 0 Å². The Morgan fingerprint density at radius 1 is 0.909 bits per heavy atom. The van der Waals surface area contributed by atoms with Gasteiger partial charge in [-0.2, -0.15) is 26.3 Å². The molecule has 2 rings (SSSR count). The van der Waals surface area contributed by atoms with Crippen LogP contribution in [0.15, 0.2) is 22.6 Å². The Morgan fingerprint density at radius 3 is 1.68 bits per heavy atom. The molecule has 120 valence electrons. The zero-order valence-electron chi connectivity index (χ0n) is 11.3. The fraction of sp³-hybridized carbons (Fsp3) is 0.308. The molecule has 0 radical (unpaired) electrons. The van der Waals surface area contributed by atoms with E-state index in [0.29, 0.717) is 12.1 Å². The SMILES string of the molecule is Cc1oc(-c2cc(C(F)(F)F)cc(C(F)(F)F)c2)[n+]([O-])c1C. The molecule has 3 nitrogen and oxygen atoms in total. The standard InChI is InChI=1S/C13H9F6NO2/c1-6-7(2)22-11(20(6)21)8-3-9(12(14,15)16)5-10(4-8)13(17,18)19/h3-5H,1-2H3. The number of aromatic nitrogens is 1. The van der Waals surface area contributed by atoms with Gasteiger partial charge in [0.25, 0.3) is 0 Å². The van der Waals surface area contributed by atoms with E-state index in [2.05, 4.69) is 0 Å². The predicted molar refractivity (Wildman–Crippen MR) is 62.6 cm³/mol. The molecule has 1 aromatic carbocycles. The van der Waals surface area contributed by atoms with Crippen molar-refractivity contribution in [2.45, 2.75) is 26.2 Å². The Hall–Kier alpha value is -2.19. The maximum absolute atomic E-state index is 12.8. The summed E-state index contributed by atoms with van der Waals surface area (Å²) in [4.78, 5) is 0. The van der Waals surface area contributed by atoms with Crippen LogP contribution in [0.3, 0.4) is 0 Å². The van der Waals surface area contributed by atoms with E-state index in [1.165, 1.54) is 13.8 Å². The van der Waals surface area contributed by atoms with Crippen molar-refractivity contribution in [1.29, 1.82) is 0 Å². The van der Waals surface area contributed by atoms with Gasteiger partial charge in [0.15, 0.2) is 5.76 Å². The first-order valence-electron chi connectivity index (χ1n) is 5.90. The van der Waals surface area contributed by atoms with Gasteiger partial charge in [0, 0.05) is 13.8 Å². The van der Waals surface area contributed by atoms with Crippen LogP contribution in [0.4, 0.5) is 26.3 Å². The van der Waals surface area contributed by atoms with Crippen molar-refractivity contribution in [3.63, 3.8) is 0 Å². The van der Waals surface area contributed by atoms with Crippen molar-refractivity contribution >= 4 is 0 Å². The van der Waals surface area contributed by atoms with E-state index >= 15 is 0 Å². The van der Waals surface area contributed by atoms with Gasteiger partial charge in [0.1, 0.15) is 0 Å². The van der Waals surface area contributed by atoms with Gasteiger partial charge in [-0.3, -0.25) is 0 Å². The zero-order chi connectivity index (χ0) is 16.9. The Kier molecular flexibility index (Phi) is 3.62. The summed E-state index contributed by atoms with van der Waals surface area (Å²) in [6, 6.07) is 0.879. The van der Waals surface area contributed by atoms with E-state index in [9.17, 15) is 31.5 Å². The number of nitrogens with zero attached hydrogens (tertiary/aromatic N) is 1. The third-order valence-corrected chi connectivity index (χ3v) is 3.08. The first-order chi connectivity index (χ1) is 9.91. The van der Waals surface area contributed by atoms with Gasteiger partial charge in [0.2, 0.25) is 5.69 Å². The van der Waals surface area contributed by atoms with Crippen LogP contribution in [0.5, 0.6) is 0 Å². The number of alkyl halides is 6. The number of hydrogen-bond donors (Lipinski definition) is 0. The fourth-order valence-electron chi connectivity index (χ4n) is 1.81. The monoisotopic (exact) mass is 325 g/mol. The molecule has 1 aromatic heterocycles. The van der Waals surface area contributed by atoms with Gasteiger partial charge in [-0.25, -0.2) is 0 Å². The average molecular weight is 325 g/mol. The lowest BCUT2D eigenvalue weighted by atomic mass is 10.0. The second kappa shape index (κ2) is 4.92. The lowest BCUT2D eigenvalue weighted by Gasteiger charge is -2.12. The number of rotatable bonds is 1. The van der Waals surface area contributed by atoms with Crippen LogP contribution in [-0.2, 0) is 12.4 Å². The molecule has 0 saturated carbocycles. The lowest BCUT2D eigenvalue weighted by molar-refractivity contribution is -0.602. The highest BCUT2D eigenvalue weighted by Crippen LogP contribution is 2.38. The maximum Gasteiger partial charge on any atom is 0.416 e. The predicted octanol–water partition coefficient (Wildman–Crippen LogP) is 4.23. The molecule has 0 spiro atoms. The van der Waals surface area contributed by atoms with Crippen molar-refractivity contribution in [3.8, 4) is 11.5 Å². The molecule has 0 bridgehead atoms. The van der Waals surface area contributed by atoms with Crippen molar-refractivity contribution in [2.24, 2.45) is 0 Å². The molecular formula is C13H9F6NO2. The minimum absolute atomic E-state index is 0.0126. The van der Waals surface area contributed by atoms with Crippen molar-refractivity contribution in [1.82, 2.24) is 0 Å². The van der Waals surface area contributed by atoms with Gasteiger partial charge in [0.05, 0.1) is 16.7 Å². The second-order valence-electron chi connectivity index (χ2n) is 4.64. The molecule has 0 aliphatic heterocycles. The summed E-state index contributed by atoms with van der Waals surface area (Å²) in [5, 5.41) is 11.8. The van der Waals surface area contributed by atoms with E-state index in [1.807, 2.05) is 0 Å². The Bertz CT molecular complexity index is 682. The first kappa shape index (κ1) is 16.2. The highest BCUT2D eigenvalue weighted by Gasteiger charge is 2.38. The molecule has 0 fully saturated rings. The van der Waals surface area contributed by atoms with Gasteiger partial charge in [-0.15, -0.1) is 4.73 Å². The van der Waals surface area contributed by atoms with Crippen molar-refractivity contribution < 1.29 is 35.5 Å². The molecule has 9 heteroatoms. The fourth-order valence-corrected chi connectivity index (χ4v) is 1.81. The Balaban J connectivity index is 2.73. The van der Waals surface area contributed by atoms with Gasteiger partial charge in [-0.05, 0) is 18.2 Å². The molecule has 0 N–H and O–H groups in total. The number of halogens is 6. The largest absolute Gasteiger partial charge is 0.616 e. The maximum atomic E-state index is 12.8. The van der Waals surface area contributed by atoms with Crippen LogP contribution in [0.1, 0.15) is 22.6 Å². The lowest BCUT2D eigenvalue weighted by Crippen LogP contribution is -2.29. The van der Waals surface area contributed by atoms with Crippen LogP contribution < -0.4 is 4.73 Å². The minimum atomic E-state index is -4.99. The first-order valence-corrected chi connectivity index (χ1v) is 5.90. The summed E-state index contributed by atoms with van der Waals surface area (Å²) in [6.45, 7) is 2.72. The molecule has 2 aromatic rings. The van der Waals surface area contributed by atoms with Crippen LogP contribution in [0.2, 0.25) is 0 Å². The third-order valence-electron chi connectivity index (χ3n) is 3.08. The molecule has 0 atom stereocenters. The summed E-state index contributed by atoms with van der Waals surface area (Å²) >= 11 is 0. The molecule has 0 amide bonds. The number of hydrogen-bond acceptors (Lipinski definition) is 2.